The molecule has 2 aromatic rings. The van der Waals surface area contributed by atoms with Gasteiger partial charge in [-0.2, -0.15) is 0 Å². The molecule has 0 aliphatic heterocycles. The lowest BCUT2D eigenvalue weighted by atomic mass is 9.85. The molecule has 0 aliphatic rings. The Kier molecular flexibility index (Phi) is 23.6. The van der Waals surface area contributed by atoms with E-state index in [-0.39, 0.29) is 22.7 Å². The maximum Gasteiger partial charge on any atom is 0.170 e. The van der Waals surface area contributed by atoms with Crippen molar-refractivity contribution in [1.29, 1.82) is 0 Å². The topological polar surface area (TPSA) is 18.5 Å². The monoisotopic (exact) mass is 839 g/mol. The van der Waals surface area contributed by atoms with Gasteiger partial charge < -0.3 is 9.47 Å². The molecule has 0 spiro atoms. The van der Waals surface area contributed by atoms with Gasteiger partial charge >= 0.3 is 0 Å². The van der Waals surface area contributed by atoms with E-state index in [1.165, 1.54) is 135 Å². The second-order valence-corrected chi connectivity index (χ2v) is 21.3. The summed E-state index contributed by atoms with van der Waals surface area (Å²) in [6.45, 7) is 31.8. The zero-order chi connectivity index (χ0) is 42.8. The van der Waals surface area contributed by atoms with Gasteiger partial charge in [0, 0.05) is 32.8 Å². The van der Waals surface area contributed by atoms with Crippen LogP contribution in [-0.2, 0) is 10.8 Å². The average Bonchev–Trinajstić information content (AvgIpc) is 3.14. The van der Waals surface area contributed by atoms with Crippen LogP contribution in [0.3, 0.4) is 0 Å². The van der Waals surface area contributed by atoms with Crippen molar-refractivity contribution in [2.45, 2.75) is 233 Å². The van der Waals surface area contributed by atoms with E-state index in [4.69, 9.17) is 33.9 Å². The molecule has 4 unspecified atom stereocenters. The fraction of sp³-hybridized carbons (Fsp3) is 0.731. The summed E-state index contributed by atoms with van der Waals surface area (Å²) in [6, 6.07) is 9.16. The van der Waals surface area contributed by atoms with Crippen molar-refractivity contribution >= 4 is 46.3 Å². The number of aryl methyl sites for hydroxylation is 2. The number of rotatable bonds is 26. The molecule has 4 atom stereocenters. The third-order valence-corrected chi connectivity index (χ3v) is 14.6. The van der Waals surface area contributed by atoms with Gasteiger partial charge in [-0.1, -0.05) is 198 Å². The standard InChI is InChI=1S/C52H86O2S3/c1-15-19-21-23-25-27-29-31-41(17-3)39(7)49(55)53-45-33-37(5)47(35-43(45)51(9,10)11)57-48-36-44(52(12,13)14)46(34-38(48)6)54-50(56)40(8)42(18-4)32-30-28-26-24-22-20-16-2/h33-36,39-42H,15-32H2,1-14H3. The minimum Gasteiger partial charge on any atom is -0.450 e. The maximum absolute atomic E-state index is 6.70. The van der Waals surface area contributed by atoms with Crippen LogP contribution < -0.4 is 9.47 Å². The number of benzene rings is 2. The Labute approximate surface area is 368 Å². The highest BCUT2D eigenvalue weighted by Gasteiger charge is 2.28. The van der Waals surface area contributed by atoms with Crippen LogP contribution in [0.25, 0.3) is 0 Å². The molecule has 0 aromatic heterocycles. The molecule has 57 heavy (non-hydrogen) atoms. The quantitative estimate of drug-likeness (QED) is 0.0692. The Morgan fingerprint density at radius 2 is 0.842 bits per heavy atom. The Hall–Kier alpha value is -1.43. The Balaban J connectivity index is 2.27. The first kappa shape index (κ1) is 51.7. The Morgan fingerprint density at radius 1 is 0.526 bits per heavy atom. The van der Waals surface area contributed by atoms with Gasteiger partial charge in [0.1, 0.15) is 11.5 Å². The Morgan fingerprint density at radius 3 is 1.14 bits per heavy atom. The van der Waals surface area contributed by atoms with E-state index >= 15 is 0 Å². The zero-order valence-electron chi connectivity index (χ0n) is 39.4. The summed E-state index contributed by atoms with van der Waals surface area (Å²) in [7, 11) is 0. The number of hydrogen-bond acceptors (Lipinski definition) is 5. The highest BCUT2D eigenvalue weighted by molar-refractivity contribution is 7.99. The lowest BCUT2D eigenvalue weighted by Crippen LogP contribution is -2.25. The van der Waals surface area contributed by atoms with Crippen molar-refractivity contribution in [3.63, 3.8) is 0 Å². The summed E-state index contributed by atoms with van der Waals surface area (Å²) in [5.41, 5.74) is 4.57. The number of hydrogen-bond donors (Lipinski definition) is 0. The fourth-order valence-corrected chi connectivity index (χ4v) is 9.73. The van der Waals surface area contributed by atoms with Crippen molar-refractivity contribution in [3.05, 3.63) is 46.5 Å². The van der Waals surface area contributed by atoms with E-state index in [2.05, 4.69) is 121 Å². The van der Waals surface area contributed by atoms with Gasteiger partial charge in [0.15, 0.2) is 10.1 Å². The van der Waals surface area contributed by atoms with E-state index in [1.54, 1.807) is 0 Å². The van der Waals surface area contributed by atoms with Crippen LogP contribution in [0.5, 0.6) is 11.5 Å². The molecule has 0 aliphatic carbocycles. The lowest BCUT2D eigenvalue weighted by Gasteiger charge is -2.28. The normalized spacial score (nSPS) is 14.3. The summed E-state index contributed by atoms with van der Waals surface area (Å²) < 4.78 is 13.4. The van der Waals surface area contributed by atoms with Crippen molar-refractivity contribution < 1.29 is 9.47 Å². The minimum absolute atomic E-state index is 0.111. The zero-order valence-corrected chi connectivity index (χ0v) is 41.8. The summed E-state index contributed by atoms with van der Waals surface area (Å²) in [4.78, 5) is 2.49. The highest BCUT2D eigenvalue weighted by Crippen LogP contribution is 2.44. The van der Waals surface area contributed by atoms with Crippen molar-refractivity contribution in [2.24, 2.45) is 23.7 Å². The van der Waals surface area contributed by atoms with Gasteiger partial charge in [0.05, 0.1) is 0 Å². The molecule has 324 valence electrons. The van der Waals surface area contributed by atoms with E-state index in [0.717, 1.165) is 34.4 Å². The van der Waals surface area contributed by atoms with Gasteiger partial charge in [0.25, 0.3) is 0 Å². The van der Waals surface area contributed by atoms with Gasteiger partial charge in [-0.3, -0.25) is 0 Å². The van der Waals surface area contributed by atoms with Crippen LogP contribution in [0.15, 0.2) is 34.1 Å². The molecule has 2 nitrogen and oxygen atoms in total. The third kappa shape index (κ3) is 17.6. The number of ether oxygens (including phenoxy) is 2. The van der Waals surface area contributed by atoms with Crippen molar-refractivity contribution in [3.8, 4) is 11.5 Å². The average molecular weight is 839 g/mol. The summed E-state index contributed by atoms with van der Waals surface area (Å²) in [5, 5.41) is 1.46. The predicted octanol–water partition coefficient (Wildman–Crippen LogP) is 18.1. The molecular weight excluding hydrogens is 753 g/mol. The van der Waals surface area contributed by atoms with Crippen LogP contribution in [0.1, 0.15) is 221 Å². The Bertz CT molecular complexity index is 1380. The van der Waals surface area contributed by atoms with E-state index < -0.39 is 0 Å². The molecule has 0 N–H and O–H groups in total. The first-order valence-electron chi connectivity index (χ1n) is 23.3. The van der Waals surface area contributed by atoms with Gasteiger partial charge in [-0.15, -0.1) is 0 Å². The maximum atomic E-state index is 6.70. The van der Waals surface area contributed by atoms with Crippen LogP contribution >= 0.6 is 36.2 Å². The molecule has 0 bridgehead atoms. The van der Waals surface area contributed by atoms with Crippen LogP contribution in [0.2, 0.25) is 0 Å². The summed E-state index contributed by atoms with van der Waals surface area (Å²) in [5.74, 6) is 3.38. The smallest absolute Gasteiger partial charge is 0.170 e. The summed E-state index contributed by atoms with van der Waals surface area (Å²) >= 11 is 13.9. The van der Waals surface area contributed by atoms with E-state index in [1.807, 2.05) is 11.8 Å². The predicted molar refractivity (Wildman–Crippen MR) is 261 cm³/mol. The van der Waals surface area contributed by atoms with Crippen LogP contribution in [0, 0.1) is 37.5 Å². The molecule has 0 saturated heterocycles. The second-order valence-electron chi connectivity index (χ2n) is 19.4. The molecular formula is C52H86O2S3. The molecule has 5 heteroatoms. The number of thiocarbonyl (C=S) groups is 2. The first-order valence-corrected chi connectivity index (χ1v) is 24.9. The summed E-state index contributed by atoms with van der Waals surface area (Å²) in [6.07, 6.45) is 23.5. The fourth-order valence-electron chi connectivity index (χ4n) is 8.13. The molecule has 2 aromatic carbocycles. The van der Waals surface area contributed by atoms with Crippen molar-refractivity contribution in [2.75, 3.05) is 0 Å². The van der Waals surface area contributed by atoms with Gasteiger partial charge in [0.2, 0.25) is 0 Å². The minimum atomic E-state index is -0.111. The van der Waals surface area contributed by atoms with Gasteiger partial charge in [-0.05, 0) is 109 Å². The van der Waals surface area contributed by atoms with Crippen LogP contribution in [0.4, 0.5) is 0 Å². The van der Waals surface area contributed by atoms with Crippen LogP contribution in [-0.4, -0.2) is 10.1 Å². The molecule has 0 fully saturated rings. The molecule has 2 rings (SSSR count). The molecule has 0 amide bonds. The first-order chi connectivity index (χ1) is 26.9. The highest BCUT2D eigenvalue weighted by atomic mass is 32.2. The van der Waals surface area contributed by atoms with E-state index in [0.29, 0.717) is 11.8 Å². The SMILES string of the molecule is CCCCCCCCCC(CC)C(C)C(=S)Oc1cc(C)c(Sc2cc(C(C)(C)C)c(OC(=S)C(C)C(CC)CCCCCCCCC)cc2C)cc1C(C)(C)C. The molecule has 0 saturated carbocycles. The number of unbranched alkanes of at least 4 members (excludes halogenated alkanes) is 12. The van der Waals surface area contributed by atoms with Gasteiger partial charge in [-0.25, -0.2) is 0 Å². The lowest BCUT2D eigenvalue weighted by molar-refractivity contribution is 0.349. The molecule has 0 radical (unpaired) electrons. The van der Waals surface area contributed by atoms with Crippen molar-refractivity contribution in [1.82, 2.24) is 0 Å². The van der Waals surface area contributed by atoms with E-state index in [9.17, 15) is 0 Å². The third-order valence-electron chi connectivity index (χ3n) is 12.4. The molecule has 0 heterocycles. The largest absolute Gasteiger partial charge is 0.450 e. The second kappa shape index (κ2) is 26.0.